The van der Waals surface area contributed by atoms with Crippen molar-refractivity contribution in [3.63, 3.8) is 0 Å². The van der Waals surface area contributed by atoms with Crippen LogP contribution in [0.5, 0.6) is 0 Å². The van der Waals surface area contributed by atoms with Gasteiger partial charge in [0.1, 0.15) is 5.82 Å². The molecular weight excluding hydrogens is 192 g/mol. The predicted molar refractivity (Wildman–Crippen MR) is 58.7 cm³/mol. The van der Waals surface area contributed by atoms with Crippen LogP contribution < -0.4 is 5.73 Å². The maximum atomic E-state index is 11.3. The SMILES string of the molecule is COC(=O)c1cc(N)nc(C(C)(C)C)c1. The number of anilines is 1. The van der Waals surface area contributed by atoms with Crippen molar-refractivity contribution in [2.75, 3.05) is 12.8 Å². The van der Waals surface area contributed by atoms with Crippen molar-refractivity contribution in [2.45, 2.75) is 26.2 Å². The minimum absolute atomic E-state index is 0.141. The summed E-state index contributed by atoms with van der Waals surface area (Å²) in [4.78, 5) is 15.5. The van der Waals surface area contributed by atoms with Crippen molar-refractivity contribution in [2.24, 2.45) is 0 Å². The molecule has 0 aliphatic heterocycles. The molecule has 0 saturated carbocycles. The van der Waals surface area contributed by atoms with Crippen molar-refractivity contribution >= 4 is 11.8 Å². The summed E-state index contributed by atoms with van der Waals surface area (Å²) in [5, 5.41) is 0. The van der Waals surface area contributed by atoms with Gasteiger partial charge in [-0.05, 0) is 12.1 Å². The molecule has 1 aromatic heterocycles. The average Bonchev–Trinajstić information content (AvgIpc) is 2.14. The lowest BCUT2D eigenvalue weighted by molar-refractivity contribution is 0.0600. The van der Waals surface area contributed by atoms with Crippen LogP contribution in [0.3, 0.4) is 0 Å². The Morgan fingerprint density at radius 1 is 1.40 bits per heavy atom. The molecule has 0 saturated heterocycles. The molecule has 2 N–H and O–H groups in total. The topological polar surface area (TPSA) is 65.2 Å². The molecule has 0 bridgehead atoms. The summed E-state index contributed by atoms with van der Waals surface area (Å²) in [7, 11) is 1.34. The highest BCUT2D eigenvalue weighted by atomic mass is 16.5. The Kier molecular flexibility index (Phi) is 2.98. The molecule has 1 rings (SSSR count). The molecule has 4 heteroatoms. The largest absolute Gasteiger partial charge is 0.465 e. The van der Waals surface area contributed by atoms with Gasteiger partial charge in [0.05, 0.1) is 12.7 Å². The summed E-state index contributed by atoms with van der Waals surface area (Å²) in [6.07, 6.45) is 0. The maximum Gasteiger partial charge on any atom is 0.338 e. The van der Waals surface area contributed by atoms with E-state index in [0.717, 1.165) is 5.69 Å². The highest BCUT2D eigenvalue weighted by molar-refractivity contribution is 5.90. The standard InChI is InChI=1S/C11H16N2O2/c1-11(2,3)8-5-7(10(14)15-4)6-9(12)13-8/h5-6H,1-4H3,(H2,12,13). The van der Waals surface area contributed by atoms with Crippen molar-refractivity contribution < 1.29 is 9.53 Å². The molecule has 1 heterocycles. The van der Waals surface area contributed by atoms with Gasteiger partial charge in [-0.2, -0.15) is 0 Å². The number of rotatable bonds is 1. The number of pyridine rings is 1. The fourth-order valence-corrected chi connectivity index (χ4v) is 1.17. The van der Waals surface area contributed by atoms with Crippen molar-refractivity contribution in [3.05, 3.63) is 23.4 Å². The number of nitrogen functional groups attached to an aromatic ring is 1. The predicted octanol–water partition coefficient (Wildman–Crippen LogP) is 1.75. The molecule has 0 aliphatic carbocycles. The van der Waals surface area contributed by atoms with E-state index in [1.54, 1.807) is 6.07 Å². The number of aromatic nitrogens is 1. The van der Waals surface area contributed by atoms with Gasteiger partial charge in [0.2, 0.25) is 0 Å². The van der Waals surface area contributed by atoms with Gasteiger partial charge in [-0.3, -0.25) is 0 Å². The number of methoxy groups -OCH3 is 1. The van der Waals surface area contributed by atoms with E-state index in [1.165, 1.54) is 13.2 Å². The Labute approximate surface area is 89.5 Å². The van der Waals surface area contributed by atoms with Crippen LogP contribution in [0, 0.1) is 0 Å². The van der Waals surface area contributed by atoms with Gasteiger partial charge in [-0.1, -0.05) is 20.8 Å². The molecular formula is C11H16N2O2. The number of carbonyl (C=O) groups is 1. The molecule has 0 atom stereocenters. The van der Waals surface area contributed by atoms with E-state index in [1.807, 2.05) is 20.8 Å². The molecule has 0 unspecified atom stereocenters. The summed E-state index contributed by atoms with van der Waals surface area (Å²) in [5.41, 5.74) is 6.71. The number of hydrogen-bond acceptors (Lipinski definition) is 4. The van der Waals surface area contributed by atoms with Gasteiger partial charge in [0.25, 0.3) is 0 Å². The minimum atomic E-state index is -0.394. The number of hydrogen-bond donors (Lipinski definition) is 1. The van der Waals surface area contributed by atoms with Crippen LogP contribution in [-0.4, -0.2) is 18.1 Å². The monoisotopic (exact) mass is 208 g/mol. The number of nitrogens with zero attached hydrogens (tertiary/aromatic N) is 1. The lowest BCUT2D eigenvalue weighted by atomic mass is 9.91. The molecule has 4 nitrogen and oxygen atoms in total. The zero-order chi connectivity index (χ0) is 11.6. The molecule has 82 valence electrons. The Bertz CT molecular complexity index is 381. The summed E-state index contributed by atoms with van der Waals surface area (Å²) < 4.78 is 4.64. The third kappa shape index (κ3) is 2.68. The van der Waals surface area contributed by atoms with Gasteiger partial charge in [0, 0.05) is 11.1 Å². The quantitative estimate of drug-likeness (QED) is 0.714. The van der Waals surface area contributed by atoms with Gasteiger partial charge in [0.15, 0.2) is 0 Å². The fourth-order valence-electron chi connectivity index (χ4n) is 1.17. The first-order valence-electron chi connectivity index (χ1n) is 4.71. The zero-order valence-electron chi connectivity index (χ0n) is 9.50. The van der Waals surface area contributed by atoms with Crippen LogP contribution in [-0.2, 0) is 10.2 Å². The lowest BCUT2D eigenvalue weighted by Gasteiger charge is -2.18. The van der Waals surface area contributed by atoms with E-state index in [0.29, 0.717) is 11.4 Å². The van der Waals surface area contributed by atoms with E-state index in [2.05, 4.69) is 9.72 Å². The van der Waals surface area contributed by atoms with Gasteiger partial charge >= 0.3 is 5.97 Å². The van der Waals surface area contributed by atoms with Crippen LogP contribution in [0.15, 0.2) is 12.1 Å². The van der Waals surface area contributed by atoms with E-state index in [4.69, 9.17) is 5.73 Å². The Morgan fingerprint density at radius 3 is 2.47 bits per heavy atom. The van der Waals surface area contributed by atoms with Crippen LogP contribution in [0.25, 0.3) is 0 Å². The molecule has 0 spiro atoms. The molecule has 0 aliphatic rings. The van der Waals surface area contributed by atoms with Crippen molar-refractivity contribution in [3.8, 4) is 0 Å². The first kappa shape index (κ1) is 11.5. The summed E-state index contributed by atoms with van der Waals surface area (Å²) >= 11 is 0. The third-order valence-electron chi connectivity index (χ3n) is 2.03. The van der Waals surface area contributed by atoms with Crippen LogP contribution in [0.1, 0.15) is 36.8 Å². The highest BCUT2D eigenvalue weighted by Crippen LogP contribution is 2.22. The molecule has 15 heavy (non-hydrogen) atoms. The van der Waals surface area contributed by atoms with Gasteiger partial charge < -0.3 is 10.5 Å². The second-order valence-corrected chi connectivity index (χ2v) is 4.41. The second kappa shape index (κ2) is 3.88. The first-order valence-corrected chi connectivity index (χ1v) is 4.71. The maximum absolute atomic E-state index is 11.3. The van der Waals surface area contributed by atoms with Crippen LogP contribution in [0.2, 0.25) is 0 Å². The number of nitrogens with two attached hydrogens (primary N) is 1. The van der Waals surface area contributed by atoms with E-state index < -0.39 is 5.97 Å². The van der Waals surface area contributed by atoms with Crippen LogP contribution >= 0.6 is 0 Å². The summed E-state index contributed by atoms with van der Waals surface area (Å²) in [6, 6.07) is 3.23. The number of carbonyl (C=O) groups excluding carboxylic acids is 1. The smallest absolute Gasteiger partial charge is 0.338 e. The molecule has 0 fully saturated rings. The number of ether oxygens (including phenoxy) is 1. The van der Waals surface area contributed by atoms with Crippen LogP contribution in [0.4, 0.5) is 5.82 Å². The third-order valence-corrected chi connectivity index (χ3v) is 2.03. The Morgan fingerprint density at radius 2 is 2.00 bits per heavy atom. The fraction of sp³-hybridized carbons (Fsp3) is 0.455. The van der Waals surface area contributed by atoms with E-state index in [9.17, 15) is 4.79 Å². The molecule has 0 amide bonds. The minimum Gasteiger partial charge on any atom is -0.465 e. The van der Waals surface area contributed by atoms with E-state index in [-0.39, 0.29) is 5.41 Å². The molecule has 0 radical (unpaired) electrons. The lowest BCUT2D eigenvalue weighted by Crippen LogP contribution is -2.16. The summed E-state index contributed by atoms with van der Waals surface area (Å²) in [6.45, 7) is 6.03. The van der Waals surface area contributed by atoms with Crippen molar-refractivity contribution in [1.29, 1.82) is 0 Å². The molecule has 0 aromatic carbocycles. The van der Waals surface area contributed by atoms with Gasteiger partial charge in [-0.25, -0.2) is 9.78 Å². The number of esters is 1. The second-order valence-electron chi connectivity index (χ2n) is 4.41. The zero-order valence-corrected chi connectivity index (χ0v) is 9.50. The molecule has 1 aromatic rings. The Balaban J connectivity index is 3.23. The first-order chi connectivity index (χ1) is 6.84. The average molecular weight is 208 g/mol. The Hall–Kier alpha value is -1.58. The van der Waals surface area contributed by atoms with Crippen molar-refractivity contribution in [1.82, 2.24) is 4.98 Å². The normalized spacial score (nSPS) is 11.2. The van der Waals surface area contributed by atoms with Gasteiger partial charge in [-0.15, -0.1) is 0 Å². The highest BCUT2D eigenvalue weighted by Gasteiger charge is 2.18. The summed E-state index contributed by atoms with van der Waals surface area (Å²) in [5.74, 6) is -0.0579. The van der Waals surface area contributed by atoms with E-state index >= 15 is 0 Å².